The monoisotopic (exact) mass is 388 g/mol. The van der Waals surface area contributed by atoms with Crippen molar-refractivity contribution in [3.05, 3.63) is 70.8 Å². The highest BCUT2D eigenvalue weighted by Crippen LogP contribution is 2.21. The summed E-state index contributed by atoms with van der Waals surface area (Å²) in [5.74, 6) is -0.531. The van der Waals surface area contributed by atoms with E-state index < -0.39 is 5.54 Å². The van der Waals surface area contributed by atoms with E-state index in [0.29, 0.717) is 48.3 Å². The van der Waals surface area contributed by atoms with Crippen LogP contribution in [0, 0.1) is 22.7 Å². The second-order valence-electron chi connectivity index (χ2n) is 6.91. The third-order valence-corrected chi connectivity index (χ3v) is 4.97. The van der Waals surface area contributed by atoms with Crippen molar-refractivity contribution in [3.63, 3.8) is 0 Å². The normalized spacial score (nSPS) is 14.8. The van der Waals surface area contributed by atoms with Crippen molar-refractivity contribution in [2.75, 3.05) is 19.8 Å². The first kappa shape index (κ1) is 20.1. The molecular weight excluding hydrogens is 368 g/mol. The molecule has 0 spiro atoms. The number of benzene rings is 2. The standard InChI is InChI=1S/C22H20N4O3/c23-13-16-1-5-18(6-2-16)20(27)25-15-22(9-11-29-12-10-22)26-21(28)19-7-3-17(14-24)4-8-19/h1-8H,9-12,15H2,(H,25,27)(H,26,28). The zero-order valence-corrected chi connectivity index (χ0v) is 15.8. The molecule has 0 aliphatic carbocycles. The molecule has 0 atom stereocenters. The highest BCUT2D eigenvalue weighted by atomic mass is 16.5. The van der Waals surface area contributed by atoms with Gasteiger partial charge in [-0.2, -0.15) is 10.5 Å². The fourth-order valence-electron chi connectivity index (χ4n) is 3.16. The minimum atomic E-state index is -0.620. The second kappa shape index (κ2) is 9.01. The Morgan fingerprint density at radius 3 is 1.83 bits per heavy atom. The van der Waals surface area contributed by atoms with E-state index >= 15 is 0 Å². The third-order valence-electron chi connectivity index (χ3n) is 4.97. The van der Waals surface area contributed by atoms with E-state index in [0.717, 1.165) is 0 Å². The number of nitrogens with zero attached hydrogens (tertiary/aromatic N) is 2. The SMILES string of the molecule is N#Cc1ccc(C(=O)NCC2(NC(=O)c3ccc(C#N)cc3)CCOCC2)cc1. The smallest absolute Gasteiger partial charge is 0.251 e. The molecule has 2 aromatic rings. The van der Waals surface area contributed by atoms with Crippen molar-refractivity contribution in [2.45, 2.75) is 18.4 Å². The van der Waals surface area contributed by atoms with Gasteiger partial charge in [-0.25, -0.2) is 0 Å². The van der Waals surface area contributed by atoms with Crippen molar-refractivity contribution in [1.29, 1.82) is 10.5 Å². The van der Waals surface area contributed by atoms with Crippen LogP contribution in [0.4, 0.5) is 0 Å². The molecule has 2 aromatic carbocycles. The summed E-state index contributed by atoms with van der Waals surface area (Å²) in [5, 5.41) is 23.7. The van der Waals surface area contributed by atoms with Gasteiger partial charge in [0.15, 0.2) is 0 Å². The molecule has 0 radical (unpaired) electrons. The molecule has 29 heavy (non-hydrogen) atoms. The average Bonchev–Trinajstić information content (AvgIpc) is 2.78. The van der Waals surface area contributed by atoms with Crippen molar-refractivity contribution in [2.24, 2.45) is 0 Å². The van der Waals surface area contributed by atoms with Crippen molar-refractivity contribution < 1.29 is 14.3 Å². The van der Waals surface area contributed by atoms with Crippen LogP contribution in [0.5, 0.6) is 0 Å². The largest absolute Gasteiger partial charge is 0.381 e. The van der Waals surface area contributed by atoms with Gasteiger partial charge in [-0.05, 0) is 61.4 Å². The molecule has 2 N–H and O–H groups in total. The Labute approximate surface area is 168 Å². The predicted molar refractivity (Wildman–Crippen MR) is 105 cm³/mol. The maximum Gasteiger partial charge on any atom is 0.251 e. The molecule has 1 aliphatic rings. The molecule has 0 aromatic heterocycles. The van der Waals surface area contributed by atoms with Crippen LogP contribution in [-0.4, -0.2) is 37.1 Å². The summed E-state index contributed by atoms with van der Waals surface area (Å²) in [6.45, 7) is 1.23. The summed E-state index contributed by atoms with van der Waals surface area (Å²) in [6, 6.07) is 16.8. The number of hydrogen-bond acceptors (Lipinski definition) is 5. The first-order valence-corrected chi connectivity index (χ1v) is 9.24. The topological polar surface area (TPSA) is 115 Å². The Balaban J connectivity index is 1.69. The zero-order valence-electron chi connectivity index (χ0n) is 15.8. The summed E-state index contributed by atoms with van der Waals surface area (Å²) in [5.41, 5.74) is 1.25. The van der Waals surface area contributed by atoms with Gasteiger partial charge in [0.25, 0.3) is 11.8 Å². The van der Waals surface area contributed by atoms with Gasteiger partial charge in [0, 0.05) is 30.9 Å². The van der Waals surface area contributed by atoms with E-state index in [1.54, 1.807) is 48.5 Å². The van der Waals surface area contributed by atoms with Gasteiger partial charge in [-0.1, -0.05) is 0 Å². The lowest BCUT2D eigenvalue weighted by Gasteiger charge is -2.38. The maximum absolute atomic E-state index is 12.7. The van der Waals surface area contributed by atoms with Crippen LogP contribution in [0.25, 0.3) is 0 Å². The zero-order chi connectivity index (χ0) is 20.7. The average molecular weight is 388 g/mol. The van der Waals surface area contributed by atoms with Crippen LogP contribution in [0.2, 0.25) is 0 Å². The molecule has 1 aliphatic heterocycles. The van der Waals surface area contributed by atoms with E-state index in [-0.39, 0.29) is 18.4 Å². The number of hydrogen-bond donors (Lipinski definition) is 2. The number of rotatable bonds is 5. The lowest BCUT2D eigenvalue weighted by molar-refractivity contribution is 0.0352. The first-order valence-electron chi connectivity index (χ1n) is 9.24. The molecule has 1 saturated heterocycles. The van der Waals surface area contributed by atoms with Gasteiger partial charge in [0.1, 0.15) is 0 Å². The van der Waals surface area contributed by atoms with Crippen LogP contribution in [-0.2, 0) is 4.74 Å². The quantitative estimate of drug-likeness (QED) is 0.814. The van der Waals surface area contributed by atoms with E-state index in [1.165, 1.54) is 0 Å². The van der Waals surface area contributed by atoms with Crippen LogP contribution in [0.1, 0.15) is 44.7 Å². The summed E-state index contributed by atoms with van der Waals surface area (Å²) < 4.78 is 5.43. The van der Waals surface area contributed by atoms with E-state index in [2.05, 4.69) is 10.6 Å². The maximum atomic E-state index is 12.7. The molecule has 146 valence electrons. The minimum absolute atomic E-state index is 0.260. The van der Waals surface area contributed by atoms with Gasteiger partial charge in [-0.15, -0.1) is 0 Å². The van der Waals surface area contributed by atoms with Crippen molar-refractivity contribution in [1.82, 2.24) is 10.6 Å². The van der Waals surface area contributed by atoms with E-state index in [1.807, 2.05) is 12.1 Å². The number of amides is 2. The van der Waals surface area contributed by atoms with Crippen molar-refractivity contribution >= 4 is 11.8 Å². The number of nitrogens with one attached hydrogen (secondary N) is 2. The number of carbonyl (C=O) groups excluding carboxylic acids is 2. The highest BCUT2D eigenvalue weighted by Gasteiger charge is 2.35. The molecule has 2 amide bonds. The van der Waals surface area contributed by atoms with Crippen molar-refractivity contribution in [3.8, 4) is 12.1 Å². The fourth-order valence-corrected chi connectivity index (χ4v) is 3.16. The highest BCUT2D eigenvalue weighted by molar-refractivity contribution is 5.95. The van der Waals surface area contributed by atoms with Crippen LogP contribution < -0.4 is 10.6 Å². The Bertz CT molecular complexity index is 963. The first-order chi connectivity index (χ1) is 14.0. The Morgan fingerprint density at radius 2 is 1.34 bits per heavy atom. The van der Waals surface area contributed by atoms with Gasteiger partial charge >= 0.3 is 0 Å². The van der Waals surface area contributed by atoms with Gasteiger partial charge in [0.05, 0.1) is 28.8 Å². The summed E-state index contributed by atoms with van der Waals surface area (Å²) in [6.07, 6.45) is 1.14. The lowest BCUT2D eigenvalue weighted by Crippen LogP contribution is -2.58. The molecule has 7 nitrogen and oxygen atoms in total. The third kappa shape index (κ3) is 4.98. The lowest BCUT2D eigenvalue weighted by atomic mass is 9.89. The number of nitriles is 2. The molecule has 1 heterocycles. The number of ether oxygens (including phenoxy) is 1. The molecule has 1 fully saturated rings. The predicted octanol–water partition coefficient (Wildman–Crippen LogP) is 2.14. The summed E-state index contributed by atoms with van der Waals surface area (Å²) >= 11 is 0. The van der Waals surface area contributed by atoms with Crippen LogP contribution in [0.3, 0.4) is 0 Å². The van der Waals surface area contributed by atoms with Crippen LogP contribution in [0.15, 0.2) is 48.5 Å². The van der Waals surface area contributed by atoms with Gasteiger partial charge in [0.2, 0.25) is 0 Å². The molecule has 0 saturated carbocycles. The van der Waals surface area contributed by atoms with Gasteiger partial charge < -0.3 is 15.4 Å². The molecule has 3 rings (SSSR count). The van der Waals surface area contributed by atoms with E-state index in [4.69, 9.17) is 15.3 Å². The summed E-state index contributed by atoms with van der Waals surface area (Å²) in [7, 11) is 0. The summed E-state index contributed by atoms with van der Waals surface area (Å²) in [4.78, 5) is 25.2. The molecule has 0 bridgehead atoms. The minimum Gasteiger partial charge on any atom is -0.381 e. The molecule has 7 heteroatoms. The molecular formula is C22H20N4O3. The number of carbonyl (C=O) groups is 2. The second-order valence-corrected chi connectivity index (χ2v) is 6.91. The Morgan fingerprint density at radius 1 is 0.862 bits per heavy atom. The van der Waals surface area contributed by atoms with Crippen LogP contribution >= 0.6 is 0 Å². The van der Waals surface area contributed by atoms with Gasteiger partial charge in [-0.3, -0.25) is 9.59 Å². The Kier molecular flexibility index (Phi) is 6.23. The Hall–Kier alpha value is -3.68. The fraction of sp³-hybridized carbons (Fsp3) is 0.273. The molecule has 0 unspecified atom stereocenters. The van der Waals surface area contributed by atoms with E-state index in [9.17, 15) is 9.59 Å².